The number of urea groups is 1. The van der Waals surface area contributed by atoms with E-state index in [1.54, 1.807) is 24.5 Å². The highest BCUT2D eigenvalue weighted by Crippen LogP contribution is 2.10. The second-order valence-electron chi connectivity index (χ2n) is 5.03. The summed E-state index contributed by atoms with van der Waals surface area (Å²) in [6.07, 6.45) is 5.84. The van der Waals surface area contributed by atoms with E-state index in [4.69, 9.17) is 4.52 Å². The Hall–Kier alpha value is -2.64. The molecular formula is C14H18N6O2. The third-order valence-corrected chi connectivity index (χ3v) is 3.53. The maximum atomic E-state index is 12.2. The summed E-state index contributed by atoms with van der Waals surface area (Å²) in [4.78, 5) is 24.6. The Labute approximate surface area is 128 Å². The maximum Gasteiger partial charge on any atom is 0.317 e. The van der Waals surface area contributed by atoms with Crippen molar-refractivity contribution < 1.29 is 9.32 Å². The summed E-state index contributed by atoms with van der Waals surface area (Å²) in [6.45, 7) is 3.30. The van der Waals surface area contributed by atoms with Crippen LogP contribution in [0.3, 0.4) is 0 Å². The fourth-order valence-electron chi connectivity index (χ4n) is 2.38. The van der Waals surface area contributed by atoms with Gasteiger partial charge in [-0.2, -0.15) is 0 Å². The molecule has 0 unspecified atom stereocenters. The third-order valence-electron chi connectivity index (χ3n) is 3.53. The van der Waals surface area contributed by atoms with Crippen molar-refractivity contribution in [1.29, 1.82) is 0 Å². The minimum Gasteiger partial charge on any atom is -0.364 e. The first-order valence-corrected chi connectivity index (χ1v) is 7.27. The first-order valence-electron chi connectivity index (χ1n) is 7.27. The van der Waals surface area contributed by atoms with Gasteiger partial charge in [0.25, 0.3) is 0 Å². The van der Waals surface area contributed by atoms with Crippen LogP contribution in [0.4, 0.5) is 10.7 Å². The third kappa shape index (κ3) is 3.51. The molecule has 1 aliphatic rings. The maximum absolute atomic E-state index is 12.2. The van der Waals surface area contributed by atoms with Crippen molar-refractivity contribution in [2.75, 3.05) is 31.1 Å². The van der Waals surface area contributed by atoms with Crippen molar-refractivity contribution in [3.05, 3.63) is 36.5 Å². The van der Waals surface area contributed by atoms with Crippen LogP contribution in [0.2, 0.25) is 0 Å². The number of anilines is 1. The van der Waals surface area contributed by atoms with Gasteiger partial charge in [-0.15, -0.1) is 0 Å². The van der Waals surface area contributed by atoms with E-state index in [9.17, 15) is 4.79 Å². The van der Waals surface area contributed by atoms with Crippen molar-refractivity contribution >= 4 is 12.0 Å². The Morgan fingerprint density at radius 2 is 2.09 bits per heavy atom. The lowest BCUT2D eigenvalue weighted by molar-refractivity contribution is 0.200. The first-order chi connectivity index (χ1) is 10.8. The van der Waals surface area contributed by atoms with Gasteiger partial charge >= 0.3 is 6.03 Å². The van der Waals surface area contributed by atoms with Gasteiger partial charge < -0.3 is 19.6 Å². The number of aromatic nitrogens is 3. The monoisotopic (exact) mass is 302 g/mol. The largest absolute Gasteiger partial charge is 0.364 e. The fraction of sp³-hybridized carbons (Fsp3) is 0.429. The Balaban J connectivity index is 1.52. The van der Waals surface area contributed by atoms with Gasteiger partial charge in [-0.1, -0.05) is 5.16 Å². The van der Waals surface area contributed by atoms with Crippen LogP contribution in [-0.4, -0.2) is 52.2 Å². The van der Waals surface area contributed by atoms with E-state index in [-0.39, 0.29) is 6.03 Å². The van der Waals surface area contributed by atoms with Gasteiger partial charge in [-0.05, 0) is 12.5 Å². The van der Waals surface area contributed by atoms with E-state index < -0.39 is 0 Å². The molecule has 8 heteroatoms. The highest BCUT2D eigenvalue weighted by atomic mass is 16.5. The smallest absolute Gasteiger partial charge is 0.317 e. The van der Waals surface area contributed by atoms with E-state index in [0.29, 0.717) is 31.3 Å². The summed E-state index contributed by atoms with van der Waals surface area (Å²) < 4.78 is 4.74. The van der Waals surface area contributed by atoms with Crippen LogP contribution in [0.15, 0.2) is 35.3 Å². The van der Waals surface area contributed by atoms with Crippen LogP contribution >= 0.6 is 0 Å². The van der Waals surface area contributed by atoms with Gasteiger partial charge in [0.2, 0.25) is 5.95 Å². The number of carbonyl (C=O) groups is 1. The summed E-state index contributed by atoms with van der Waals surface area (Å²) in [5.74, 6) is 0.715. The minimum absolute atomic E-state index is 0.0844. The van der Waals surface area contributed by atoms with E-state index in [1.807, 2.05) is 4.90 Å². The lowest BCUT2D eigenvalue weighted by atomic mass is 10.4. The molecule has 1 aliphatic heterocycles. The quantitative estimate of drug-likeness (QED) is 0.906. The molecule has 2 aromatic heterocycles. The van der Waals surface area contributed by atoms with Crippen LogP contribution in [-0.2, 0) is 6.54 Å². The zero-order valence-electron chi connectivity index (χ0n) is 12.2. The first kappa shape index (κ1) is 14.3. The molecule has 3 rings (SSSR count). The molecule has 0 bridgehead atoms. The number of hydrogen-bond acceptors (Lipinski definition) is 6. The Bertz CT molecular complexity index is 589. The molecule has 2 aromatic rings. The van der Waals surface area contributed by atoms with Crippen molar-refractivity contribution in [3.8, 4) is 0 Å². The Morgan fingerprint density at radius 3 is 2.86 bits per heavy atom. The molecule has 8 nitrogen and oxygen atoms in total. The second kappa shape index (κ2) is 6.88. The van der Waals surface area contributed by atoms with Crippen molar-refractivity contribution in [2.45, 2.75) is 13.0 Å². The second-order valence-corrected chi connectivity index (χ2v) is 5.03. The summed E-state index contributed by atoms with van der Waals surface area (Å²) >= 11 is 0. The molecule has 1 N–H and O–H groups in total. The van der Waals surface area contributed by atoms with Gasteiger partial charge in [0, 0.05) is 44.6 Å². The molecule has 0 aliphatic carbocycles. The lowest BCUT2D eigenvalue weighted by Gasteiger charge is -2.22. The van der Waals surface area contributed by atoms with Crippen LogP contribution in [0.5, 0.6) is 0 Å². The van der Waals surface area contributed by atoms with E-state index in [1.165, 1.54) is 6.26 Å². The van der Waals surface area contributed by atoms with E-state index in [2.05, 4.69) is 25.3 Å². The van der Waals surface area contributed by atoms with E-state index >= 15 is 0 Å². The fourth-order valence-corrected chi connectivity index (χ4v) is 2.38. The predicted octanol–water partition coefficient (Wildman–Crippen LogP) is 0.886. The number of amides is 2. The van der Waals surface area contributed by atoms with E-state index in [0.717, 1.165) is 19.5 Å². The normalized spacial score (nSPS) is 15.5. The summed E-state index contributed by atoms with van der Waals surface area (Å²) in [6, 6.07) is 3.45. The van der Waals surface area contributed by atoms with Gasteiger partial charge in [0.15, 0.2) is 0 Å². The van der Waals surface area contributed by atoms with Crippen LogP contribution in [0, 0.1) is 0 Å². The molecule has 3 heterocycles. The zero-order chi connectivity index (χ0) is 15.2. The number of rotatable bonds is 3. The molecule has 0 atom stereocenters. The number of nitrogens with zero attached hydrogens (tertiary/aromatic N) is 5. The molecule has 2 amide bonds. The van der Waals surface area contributed by atoms with Crippen LogP contribution in [0.25, 0.3) is 0 Å². The Kier molecular flexibility index (Phi) is 4.47. The molecular weight excluding hydrogens is 284 g/mol. The standard InChI is InChI=1S/C14H18N6O2/c21-14(17-11-12-3-10-22-18-12)20-7-2-6-19(8-9-20)13-15-4-1-5-16-13/h1,3-5,10H,2,6-9,11H2,(H,17,21). The van der Waals surface area contributed by atoms with Gasteiger partial charge in [-0.3, -0.25) is 0 Å². The number of carbonyl (C=O) groups excluding carboxylic acids is 1. The van der Waals surface area contributed by atoms with Gasteiger partial charge in [-0.25, -0.2) is 14.8 Å². The molecule has 116 valence electrons. The average molecular weight is 302 g/mol. The molecule has 0 saturated carbocycles. The highest BCUT2D eigenvalue weighted by Gasteiger charge is 2.20. The topological polar surface area (TPSA) is 87.4 Å². The summed E-state index contributed by atoms with van der Waals surface area (Å²) in [5, 5.41) is 6.62. The molecule has 0 spiro atoms. The highest BCUT2D eigenvalue weighted by molar-refractivity contribution is 5.74. The molecule has 0 radical (unpaired) electrons. The van der Waals surface area contributed by atoms with Crippen molar-refractivity contribution in [3.63, 3.8) is 0 Å². The van der Waals surface area contributed by atoms with Crippen molar-refractivity contribution in [1.82, 2.24) is 25.3 Å². The number of hydrogen-bond donors (Lipinski definition) is 1. The summed E-state index contributed by atoms with van der Waals surface area (Å²) in [5.41, 5.74) is 0.711. The lowest BCUT2D eigenvalue weighted by Crippen LogP contribution is -2.41. The van der Waals surface area contributed by atoms with Crippen molar-refractivity contribution in [2.24, 2.45) is 0 Å². The number of nitrogens with one attached hydrogen (secondary N) is 1. The Morgan fingerprint density at radius 1 is 1.23 bits per heavy atom. The molecule has 22 heavy (non-hydrogen) atoms. The van der Waals surface area contributed by atoms with Crippen LogP contribution in [0.1, 0.15) is 12.1 Å². The van der Waals surface area contributed by atoms with Crippen LogP contribution < -0.4 is 10.2 Å². The molecule has 1 fully saturated rings. The molecule has 1 saturated heterocycles. The summed E-state index contributed by atoms with van der Waals surface area (Å²) in [7, 11) is 0. The zero-order valence-corrected chi connectivity index (χ0v) is 12.2. The predicted molar refractivity (Wildman–Crippen MR) is 79.2 cm³/mol. The molecule has 0 aromatic carbocycles. The average Bonchev–Trinajstić information content (AvgIpc) is 2.96. The SMILES string of the molecule is O=C(NCc1ccon1)N1CCCN(c2ncccn2)CC1. The van der Waals surface area contributed by atoms with Gasteiger partial charge in [0.1, 0.15) is 12.0 Å². The van der Waals surface area contributed by atoms with Gasteiger partial charge in [0.05, 0.1) is 6.54 Å². The minimum atomic E-state index is -0.0844.